The molecule has 5 heteroatoms. The third kappa shape index (κ3) is 2.72. The van der Waals surface area contributed by atoms with Crippen LogP contribution in [-0.2, 0) is 0 Å². The van der Waals surface area contributed by atoms with Crippen LogP contribution in [0.1, 0.15) is 36.6 Å². The minimum Gasteiger partial charge on any atom is -0.309 e. The zero-order chi connectivity index (χ0) is 13.2. The van der Waals surface area contributed by atoms with E-state index in [2.05, 4.69) is 44.5 Å². The highest BCUT2D eigenvalue weighted by Crippen LogP contribution is 2.23. The number of aromatic nitrogens is 3. The molecule has 0 radical (unpaired) electrons. The van der Waals surface area contributed by atoms with Gasteiger partial charge in [0.1, 0.15) is 5.69 Å². The second-order valence-electron chi connectivity index (χ2n) is 5.02. The molecule has 100 valence electrons. The van der Waals surface area contributed by atoms with E-state index in [1.807, 2.05) is 23.0 Å². The normalized spacial score (nSPS) is 19.6. The zero-order valence-electron chi connectivity index (χ0n) is 10.9. The molecular formula is C14H17BrN4. The van der Waals surface area contributed by atoms with Crippen LogP contribution < -0.4 is 5.32 Å². The quantitative estimate of drug-likeness (QED) is 0.924. The number of hydrogen-bond donors (Lipinski definition) is 1. The lowest BCUT2D eigenvalue weighted by atomic mass is 10.0. The largest absolute Gasteiger partial charge is 0.309 e. The maximum absolute atomic E-state index is 4.31. The highest BCUT2D eigenvalue weighted by molar-refractivity contribution is 9.10. The molecule has 2 aromatic rings. The van der Waals surface area contributed by atoms with Crippen molar-refractivity contribution in [1.82, 2.24) is 20.3 Å². The third-order valence-corrected chi connectivity index (χ3v) is 4.47. The Morgan fingerprint density at radius 3 is 3.00 bits per heavy atom. The van der Waals surface area contributed by atoms with Gasteiger partial charge in [-0.2, -0.15) is 0 Å². The summed E-state index contributed by atoms with van der Waals surface area (Å²) in [7, 11) is 0. The Hall–Kier alpha value is -1.20. The lowest BCUT2D eigenvalue weighted by molar-refractivity contribution is 0.405. The van der Waals surface area contributed by atoms with Crippen LogP contribution in [0.2, 0.25) is 0 Å². The molecule has 3 rings (SSSR count). The monoisotopic (exact) mass is 320 g/mol. The molecule has 1 atom stereocenters. The van der Waals surface area contributed by atoms with E-state index in [1.165, 1.54) is 18.4 Å². The number of nitrogens with one attached hydrogen (secondary N) is 1. The first kappa shape index (κ1) is 12.8. The van der Waals surface area contributed by atoms with Gasteiger partial charge in [0.2, 0.25) is 0 Å². The van der Waals surface area contributed by atoms with E-state index in [0.29, 0.717) is 6.04 Å². The van der Waals surface area contributed by atoms with Crippen molar-refractivity contribution in [2.45, 2.75) is 32.2 Å². The predicted octanol–water partition coefficient (Wildman–Crippen LogP) is 3.15. The highest BCUT2D eigenvalue weighted by atomic mass is 79.9. The van der Waals surface area contributed by atoms with Crippen molar-refractivity contribution in [3.05, 3.63) is 40.1 Å². The van der Waals surface area contributed by atoms with Gasteiger partial charge in [0.15, 0.2) is 0 Å². The van der Waals surface area contributed by atoms with E-state index < -0.39 is 0 Å². The van der Waals surface area contributed by atoms with Crippen LogP contribution in [0, 0.1) is 6.92 Å². The van der Waals surface area contributed by atoms with E-state index in [9.17, 15) is 0 Å². The molecule has 1 aromatic heterocycles. The Morgan fingerprint density at radius 2 is 2.26 bits per heavy atom. The van der Waals surface area contributed by atoms with Gasteiger partial charge in [0, 0.05) is 4.47 Å². The molecule has 4 nitrogen and oxygen atoms in total. The summed E-state index contributed by atoms with van der Waals surface area (Å²) in [4.78, 5) is 0. The summed E-state index contributed by atoms with van der Waals surface area (Å²) < 4.78 is 2.97. The van der Waals surface area contributed by atoms with Crippen LogP contribution in [0.4, 0.5) is 0 Å². The molecule has 0 amide bonds. The molecule has 0 saturated carbocycles. The number of aryl methyl sites for hydroxylation is 1. The van der Waals surface area contributed by atoms with Crippen LogP contribution in [0.5, 0.6) is 0 Å². The molecule has 0 bridgehead atoms. The molecule has 1 saturated heterocycles. The van der Waals surface area contributed by atoms with Crippen molar-refractivity contribution < 1.29 is 0 Å². The minimum atomic E-state index is 0.360. The Balaban J connectivity index is 1.85. The van der Waals surface area contributed by atoms with Crippen molar-refractivity contribution in [2.24, 2.45) is 0 Å². The molecule has 1 aliphatic rings. The van der Waals surface area contributed by atoms with Crippen LogP contribution in [0.15, 0.2) is 28.9 Å². The second kappa shape index (κ2) is 5.43. The van der Waals surface area contributed by atoms with Crippen LogP contribution >= 0.6 is 15.9 Å². The van der Waals surface area contributed by atoms with Gasteiger partial charge in [-0.3, -0.25) is 0 Å². The molecular weight excluding hydrogens is 304 g/mol. The summed E-state index contributed by atoms with van der Waals surface area (Å²) in [5.74, 6) is 0. The highest BCUT2D eigenvalue weighted by Gasteiger charge is 2.18. The van der Waals surface area contributed by atoms with E-state index in [-0.39, 0.29) is 0 Å². The van der Waals surface area contributed by atoms with Crippen LogP contribution in [0.25, 0.3) is 5.69 Å². The van der Waals surface area contributed by atoms with E-state index in [4.69, 9.17) is 0 Å². The Morgan fingerprint density at radius 1 is 1.37 bits per heavy atom. The standard InChI is InChI=1S/C14H17BrN4/c1-10-8-11(5-6-12(10)15)19-9-14(17-18-19)13-4-2-3-7-16-13/h5-6,8-9,13,16H,2-4,7H2,1H3. The summed E-state index contributed by atoms with van der Waals surface area (Å²) in [6.07, 6.45) is 5.71. The average molecular weight is 321 g/mol. The van der Waals surface area contributed by atoms with Gasteiger partial charge in [-0.15, -0.1) is 5.10 Å². The summed E-state index contributed by atoms with van der Waals surface area (Å²) in [5, 5.41) is 12.0. The van der Waals surface area contributed by atoms with Crippen molar-refractivity contribution in [3.63, 3.8) is 0 Å². The van der Waals surface area contributed by atoms with Crippen LogP contribution in [0.3, 0.4) is 0 Å². The predicted molar refractivity (Wildman–Crippen MR) is 78.4 cm³/mol. The van der Waals surface area contributed by atoms with Gasteiger partial charge in [-0.05, 0) is 50.1 Å². The summed E-state index contributed by atoms with van der Waals surface area (Å²) in [5.41, 5.74) is 3.29. The summed E-state index contributed by atoms with van der Waals surface area (Å²) >= 11 is 3.51. The molecule has 1 aromatic carbocycles. The fraction of sp³-hybridized carbons (Fsp3) is 0.429. The molecule has 1 N–H and O–H groups in total. The van der Waals surface area contributed by atoms with Gasteiger partial charge < -0.3 is 5.32 Å². The minimum absolute atomic E-state index is 0.360. The number of nitrogens with zero attached hydrogens (tertiary/aromatic N) is 3. The lowest BCUT2D eigenvalue weighted by Crippen LogP contribution is -2.27. The third-order valence-electron chi connectivity index (χ3n) is 3.58. The van der Waals surface area contributed by atoms with Gasteiger partial charge in [0.25, 0.3) is 0 Å². The van der Waals surface area contributed by atoms with Crippen molar-refractivity contribution >= 4 is 15.9 Å². The van der Waals surface area contributed by atoms with E-state index in [0.717, 1.165) is 28.8 Å². The lowest BCUT2D eigenvalue weighted by Gasteiger charge is -2.20. The second-order valence-corrected chi connectivity index (χ2v) is 5.88. The molecule has 19 heavy (non-hydrogen) atoms. The van der Waals surface area contributed by atoms with Gasteiger partial charge in [-0.1, -0.05) is 27.6 Å². The molecule has 0 spiro atoms. The first-order valence-corrected chi connectivity index (χ1v) is 7.45. The maximum Gasteiger partial charge on any atom is 0.100 e. The Labute approximate surface area is 121 Å². The zero-order valence-corrected chi connectivity index (χ0v) is 12.5. The van der Waals surface area contributed by atoms with Gasteiger partial charge in [-0.25, -0.2) is 4.68 Å². The molecule has 1 unspecified atom stereocenters. The Kier molecular flexibility index (Phi) is 3.66. The molecule has 1 fully saturated rings. The average Bonchev–Trinajstić information content (AvgIpc) is 2.93. The fourth-order valence-corrected chi connectivity index (χ4v) is 2.68. The molecule has 0 aliphatic carbocycles. The molecule has 1 aliphatic heterocycles. The van der Waals surface area contributed by atoms with E-state index >= 15 is 0 Å². The first-order chi connectivity index (χ1) is 9.24. The number of piperidine rings is 1. The van der Waals surface area contributed by atoms with Gasteiger partial charge >= 0.3 is 0 Å². The summed E-state index contributed by atoms with van der Waals surface area (Å²) in [6, 6.07) is 6.56. The summed E-state index contributed by atoms with van der Waals surface area (Å²) in [6.45, 7) is 3.16. The van der Waals surface area contributed by atoms with E-state index in [1.54, 1.807) is 0 Å². The maximum atomic E-state index is 4.31. The number of hydrogen-bond acceptors (Lipinski definition) is 3. The van der Waals surface area contributed by atoms with Gasteiger partial charge in [0.05, 0.1) is 17.9 Å². The number of halogens is 1. The smallest absolute Gasteiger partial charge is 0.100 e. The van der Waals surface area contributed by atoms with Crippen molar-refractivity contribution in [2.75, 3.05) is 6.54 Å². The first-order valence-electron chi connectivity index (χ1n) is 6.66. The number of benzene rings is 1. The molecule has 2 heterocycles. The van der Waals surface area contributed by atoms with Crippen molar-refractivity contribution in [3.8, 4) is 5.69 Å². The fourth-order valence-electron chi connectivity index (χ4n) is 2.44. The number of rotatable bonds is 2. The topological polar surface area (TPSA) is 42.7 Å². The van der Waals surface area contributed by atoms with Crippen LogP contribution in [-0.4, -0.2) is 21.5 Å². The Bertz CT molecular complexity index is 573. The van der Waals surface area contributed by atoms with Crippen molar-refractivity contribution in [1.29, 1.82) is 0 Å². The SMILES string of the molecule is Cc1cc(-n2cc(C3CCCCN3)nn2)ccc1Br.